The van der Waals surface area contributed by atoms with Gasteiger partial charge in [0.2, 0.25) is 0 Å². The maximum atomic E-state index is 12.2. The molecule has 1 N–H and O–H groups in total. The van der Waals surface area contributed by atoms with Crippen LogP contribution in [-0.4, -0.2) is 45.0 Å². The molecule has 1 aliphatic carbocycles. The monoisotopic (exact) mass is 338 g/mol. The lowest BCUT2D eigenvalue weighted by Crippen LogP contribution is -2.45. The van der Waals surface area contributed by atoms with E-state index in [0.29, 0.717) is 11.6 Å². The number of amides is 1. The Hall–Kier alpha value is -2.57. The van der Waals surface area contributed by atoms with E-state index in [0.717, 1.165) is 43.3 Å². The number of anilines is 1. The molecule has 1 aliphatic heterocycles. The highest BCUT2D eigenvalue weighted by molar-refractivity contribution is 5.92. The molecule has 3 heterocycles. The van der Waals surface area contributed by atoms with Crippen molar-refractivity contribution in [3.05, 3.63) is 41.9 Å². The molecule has 1 saturated carbocycles. The van der Waals surface area contributed by atoms with Crippen molar-refractivity contribution in [2.45, 2.75) is 44.6 Å². The van der Waals surface area contributed by atoms with Gasteiger partial charge in [-0.15, -0.1) is 0 Å². The third-order valence-corrected chi connectivity index (χ3v) is 4.77. The molecule has 0 spiro atoms. The molecule has 2 aliphatic rings. The Morgan fingerprint density at radius 3 is 2.68 bits per heavy atom. The molecule has 25 heavy (non-hydrogen) atoms. The first-order valence-electron chi connectivity index (χ1n) is 8.86. The molecular weight excluding hydrogens is 316 g/mol. The molecule has 0 bridgehead atoms. The summed E-state index contributed by atoms with van der Waals surface area (Å²) in [4.78, 5) is 31.7. The molecule has 7 nitrogen and oxygen atoms in total. The van der Waals surface area contributed by atoms with Crippen molar-refractivity contribution in [1.82, 2.24) is 25.3 Å². The highest BCUT2D eigenvalue weighted by Crippen LogP contribution is 2.38. The van der Waals surface area contributed by atoms with E-state index in [9.17, 15) is 4.79 Å². The summed E-state index contributed by atoms with van der Waals surface area (Å²) in [6, 6.07) is 3.86. The molecule has 130 valence electrons. The van der Waals surface area contributed by atoms with Gasteiger partial charge < -0.3 is 10.2 Å². The van der Waals surface area contributed by atoms with Gasteiger partial charge >= 0.3 is 0 Å². The Morgan fingerprint density at radius 2 is 2.00 bits per heavy atom. The number of nitrogens with zero attached hydrogens (tertiary/aromatic N) is 5. The van der Waals surface area contributed by atoms with Crippen molar-refractivity contribution in [3.8, 4) is 0 Å². The number of carbonyl (C=O) groups is 1. The molecular formula is C18H22N6O. The summed E-state index contributed by atoms with van der Waals surface area (Å²) in [5.41, 5.74) is 1.45. The van der Waals surface area contributed by atoms with Crippen LogP contribution in [0.1, 0.15) is 53.6 Å². The van der Waals surface area contributed by atoms with Gasteiger partial charge in [-0.05, 0) is 38.7 Å². The van der Waals surface area contributed by atoms with Gasteiger partial charge in [0, 0.05) is 43.0 Å². The summed E-state index contributed by atoms with van der Waals surface area (Å²) < 4.78 is 0. The number of aromatic nitrogens is 4. The highest BCUT2D eigenvalue weighted by atomic mass is 16.1. The minimum Gasteiger partial charge on any atom is -0.356 e. The smallest absolute Gasteiger partial charge is 0.270 e. The van der Waals surface area contributed by atoms with Gasteiger partial charge in [-0.25, -0.2) is 19.9 Å². The molecule has 2 aromatic heterocycles. The van der Waals surface area contributed by atoms with E-state index in [-0.39, 0.29) is 11.9 Å². The van der Waals surface area contributed by atoms with E-state index < -0.39 is 0 Å². The summed E-state index contributed by atoms with van der Waals surface area (Å²) >= 11 is 0. The largest absolute Gasteiger partial charge is 0.356 e. The topological polar surface area (TPSA) is 83.9 Å². The second-order valence-corrected chi connectivity index (χ2v) is 6.83. The van der Waals surface area contributed by atoms with Crippen LogP contribution in [0.3, 0.4) is 0 Å². The lowest BCUT2D eigenvalue weighted by molar-refractivity contribution is 0.0926. The van der Waals surface area contributed by atoms with E-state index in [1.165, 1.54) is 19.2 Å². The van der Waals surface area contributed by atoms with Gasteiger partial charge in [0.25, 0.3) is 5.91 Å². The van der Waals surface area contributed by atoms with Crippen LogP contribution in [0.5, 0.6) is 0 Å². The van der Waals surface area contributed by atoms with E-state index >= 15 is 0 Å². The maximum Gasteiger partial charge on any atom is 0.270 e. The van der Waals surface area contributed by atoms with Crippen LogP contribution in [0, 0.1) is 6.92 Å². The van der Waals surface area contributed by atoms with E-state index in [1.54, 1.807) is 12.3 Å². The average Bonchev–Trinajstić information content (AvgIpc) is 3.48. The second kappa shape index (κ2) is 6.74. The molecule has 7 heteroatoms. The molecule has 1 saturated heterocycles. The minimum absolute atomic E-state index is 0.130. The van der Waals surface area contributed by atoms with Crippen LogP contribution in [0.15, 0.2) is 24.7 Å². The van der Waals surface area contributed by atoms with Crippen LogP contribution < -0.4 is 10.2 Å². The number of rotatable bonds is 4. The lowest BCUT2D eigenvalue weighted by atomic mass is 10.0. The summed E-state index contributed by atoms with van der Waals surface area (Å²) in [7, 11) is 0. The van der Waals surface area contributed by atoms with Crippen molar-refractivity contribution in [2.75, 3.05) is 18.0 Å². The average molecular weight is 338 g/mol. The van der Waals surface area contributed by atoms with Crippen molar-refractivity contribution in [3.63, 3.8) is 0 Å². The van der Waals surface area contributed by atoms with Crippen LogP contribution >= 0.6 is 0 Å². The Morgan fingerprint density at radius 1 is 1.20 bits per heavy atom. The van der Waals surface area contributed by atoms with Gasteiger partial charge in [0.05, 0.1) is 0 Å². The van der Waals surface area contributed by atoms with Crippen molar-refractivity contribution >= 4 is 11.7 Å². The standard InChI is InChI=1S/C18H22N6O/c1-12-10-16(23-17(21-12)13-2-3-13)24-8-5-14(6-9-24)22-18(25)15-4-7-19-11-20-15/h4,7,10-11,13-14H,2-3,5-6,8-9H2,1H3,(H,22,25). The fourth-order valence-corrected chi connectivity index (χ4v) is 3.20. The predicted octanol–water partition coefficient (Wildman–Crippen LogP) is 1.85. The number of piperidine rings is 1. The first-order valence-corrected chi connectivity index (χ1v) is 8.86. The van der Waals surface area contributed by atoms with Gasteiger partial charge in [0.15, 0.2) is 0 Å². The van der Waals surface area contributed by atoms with Crippen molar-refractivity contribution < 1.29 is 4.79 Å². The molecule has 2 aromatic rings. The second-order valence-electron chi connectivity index (χ2n) is 6.83. The molecule has 0 aromatic carbocycles. The summed E-state index contributed by atoms with van der Waals surface area (Å²) in [5, 5.41) is 3.07. The van der Waals surface area contributed by atoms with E-state index in [2.05, 4.69) is 31.2 Å². The van der Waals surface area contributed by atoms with Gasteiger partial charge in [-0.3, -0.25) is 4.79 Å². The third kappa shape index (κ3) is 3.75. The lowest BCUT2D eigenvalue weighted by Gasteiger charge is -2.33. The number of aryl methyl sites for hydroxylation is 1. The Kier molecular flexibility index (Phi) is 4.29. The highest BCUT2D eigenvalue weighted by Gasteiger charge is 2.28. The van der Waals surface area contributed by atoms with Crippen molar-refractivity contribution in [1.29, 1.82) is 0 Å². The Balaban J connectivity index is 1.36. The van der Waals surface area contributed by atoms with Crippen LogP contribution in [0.4, 0.5) is 5.82 Å². The predicted molar refractivity (Wildman–Crippen MR) is 93.5 cm³/mol. The normalized spacial score (nSPS) is 18.2. The zero-order valence-corrected chi connectivity index (χ0v) is 14.4. The van der Waals surface area contributed by atoms with Crippen LogP contribution in [-0.2, 0) is 0 Å². The zero-order valence-electron chi connectivity index (χ0n) is 14.4. The molecule has 1 amide bonds. The first kappa shape index (κ1) is 15.9. The van der Waals surface area contributed by atoms with Gasteiger partial charge in [-0.2, -0.15) is 0 Å². The fraction of sp³-hybridized carbons (Fsp3) is 0.500. The molecule has 2 fully saturated rings. The van der Waals surface area contributed by atoms with Gasteiger partial charge in [0.1, 0.15) is 23.7 Å². The van der Waals surface area contributed by atoms with E-state index in [4.69, 9.17) is 4.98 Å². The Labute approximate surface area is 146 Å². The number of hydrogen-bond acceptors (Lipinski definition) is 6. The van der Waals surface area contributed by atoms with Crippen LogP contribution in [0.25, 0.3) is 0 Å². The molecule has 4 rings (SSSR count). The first-order chi connectivity index (χ1) is 12.2. The van der Waals surface area contributed by atoms with Crippen molar-refractivity contribution in [2.24, 2.45) is 0 Å². The maximum absolute atomic E-state index is 12.2. The van der Waals surface area contributed by atoms with E-state index in [1.807, 2.05) is 6.92 Å². The number of carbonyl (C=O) groups excluding carboxylic acids is 1. The SMILES string of the molecule is Cc1cc(N2CCC(NC(=O)c3ccncn3)CC2)nc(C2CC2)n1. The number of hydrogen-bond donors (Lipinski definition) is 1. The third-order valence-electron chi connectivity index (χ3n) is 4.77. The summed E-state index contributed by atoms with van der Waals surface area (Å²) in [5.74, 6) is 2.45. The minimum atomic E-state index is -0.130. The molecule has 0 radical (unpaired) electrons. The zero-order chi connectivity index (χ0) is 17.2. The Bertz CT molecular complexity index is 753. The van der Waals surface area contributed by atoms with Crippen LogP contribution in [0.2, 0.25) is 0 Å². The summed E-state index contributed by atoms with van der Waals surface area (Å²) in [6.07, 6.45) is 7.20. The fourth-order valence-electron chi connectivity index (χ4n) is 3.20. The molecule has 0 unspecified atom stereocenters. The molecule has 0 atom stereocenters. The number of nitrogens with one attached hydrogen (secondary N) is 1. The summed E-state index contributed by atoms with van der Waals surface area (Å²) in [6.45, 7) is 3.80. The van der Waals surface area contributed by atoms with Gasteiger partial charge in [-0.1, -0.05) is 0 Å². The quantitative estimate of drug-likeness (QED) is 0.916.